The van der Waals surface area contributed by atoms with Crippen LogP contribution in [-0.4, -0.2) is 10.5 Å². The Labute approximate surface area is 99.3 Å². The number of hydrogen-bond acceptors (Lipinski definition) is 2. The number of rotatable bonds is 5. The molecule has 0 aliphatic carbocycles. The van der Waals surface area contributed by atoms with Gasteiger partial charge in [0.1, 0.15) is 0 Å². The van der Waals surface area contributed by atoms with Crippen LogP contribution in [0.1, 0.15) is 45.4 Å². The van der Waals surface area contributed by atoms with Crippen molar-refractivity contribution < 1.29 is 0 Å². The molecule has 0 saturated heterocycles. The largest absolute Gasteiger partial charge is 0.325 e. The molecule has 0 amide bonds. The molecule has 1 aromatic rings. The van der Waals surface area contributed by atoms with Crippen LogP contribution in [0.3, 0.4) is 0 Å². The normalized spacial score (nSPS) is 15.1. The minimum absolute atomic E-state index is 0.124. The van der Waals surface area contributed by atoms with Gasteiger partial charge in [-0.2, -0.15) is 0 Å². The summed E-state index contributed by atoms with van der Waals surface area (Å²) in [5.41, 5.74) is 8.67. The van der Waals surface area contributed by atoms with E-state index in [0.29, 0.717) is 5.92 Å². The van der Waals surface area contributed by atoms with Gasteiger partial charge in [-0.1, -0.05) is 33.8 Å². The molecule has 0 saturated carbocycles. The van der Waals surface area contributed by atoms with Crippen molar-refractivity contribution in [2.45, 2.75) is 52.5 Å². The molecule has 0 aliphatic heterocycles. The average molecular weight is 220 g/mol. The molecule has 0 aliphatic rings. The number of hydrogen-bond donors (Lipinski definition) is 1. The molecule has 0 spiro atoms. The Morgan fingerprint density at radius 3 is 2.38 bits per heavy atom. The van der Waals surface area contributed by atoms with Crippen molar-refractivity contribution in [2.75, 3.05) is 0 Å². The van der Waals surface area contributed by atoms with Gasteiger partial charge in [-0.3, -0.25) is 4.98 Å². The van der Waals surface area contributed by atoms with Crippen LogP contribution in [0, 0.1) is 5.92 Å². The third-order valence-corrected chi connectivity index (χ3v) is 3.61. The molecular formula is C14H24N2. The molecule has 2 nitrogen and oxygen atoms in total. The second-order valence-electron chi connectivity index (χ2n) is 4.93. The van der Waals surface area contributed by atoms with Crippen molar-refractivity contribution in [3.05, 3.63) is 29.6 Å². The fraction of sp³-hybridized carbons (Fsp3) is 0.643. The summed E-state index contributed by atoms with van der Waals surface area (Å²) in [5, 5.41) is 0. The van der Waals surface area contributed by atoms with Crippen LogP contribution in [0.5, 0.6) is 0 Å². The van der Waals surface area contributed by atoms with Crippen LogP contribution >= 0.6 is 0 Å². The summed E-state index contributed by atoms with van der Waals surface area (Å²) in [5.74, 6) is 0.477. The first kappa shape index (κ1) is 13.2. The molecule has 1 unspecified atom stereocenters. The first-order valence-electron chi connectivity index (χ1n) is 6.24. The number of aryl methyl sites for hydroxylation is 1. The lowest BCUT2D eigenvalue weighted by Crippen LogP contribution is -2.46. The SMILES string of the molecule is CCc1ccc(CC(N)(CC)C(C)C)nc1. The number of nitrogens with two attached hydrogens (primary N) is 1. The van der Waals surface area contributed by atoms with Gasteiger partial charge in [-0.25, -0.2) is 0 Å². The summed E-state index contributed by atoms with van der Waals surface area (Å²) in [6.45, 7) is 8.66. The Balaban J connectivity index is 2.78. The van der Waals surface area contributed by atoms with Crippen molar-refractivity contribution in [3.63, 3.8) is 0 Å². The minimum atomic E-state index is -0.124. The van der Waals surface area contributed by atoms with E-state index in [4.69, 9.17) is 5.73 Å². The second-order valence-corrected chi connectivity index (χ2v) is 4.93. The van der Waals surface area contributed by atoms with Crippen molar-refractivity contribution in [1.29, 1.82) is 0 Å². The molecule has 0 aromatic carbocycles. The van der Waals surface area contributed by atoms with E-state index in [2.05, 4.69) is 44.8 Å². The molecule has 1 heterocycles. The molecule has 2 N–H and O–H groups in total. The lowest BCUT2D eigenvalue weighted by Gasteiger charge is -2.32. The molecule has 0 radical (unpaired) electrons. The van der Waals surface area contributed by atoms with Crippen LogP contribution in [0.15, 0.2) is 18.3 Å². The Kier molecular flexibility index (Phi) is 4.48. The maximum absolute atomic E-state index is 6.40. The highest BCUT2D eigenvalue weighted by atomic mass is 14.8. The van der Waals surface area contributed by atoms with Crippen molar-refractivity contribution in [2.24, 2.45) is 11.7 Å². The zero-order valence-corrected chi connectivity index (χ0v) is 11.0. The fourth-order valence-corrected chi connectivity index (χ4v) is 1.84. The molecule has 1 aromatic heterocycles. The van der Waals surface area contributed by atoms with Gasteiger partial charge in [0.05, 0.1) is 0 Å². The van der Waals surface area contributed by atoms with Crippen molar-refractivity contribution in [3.8, 4) is 0 Å². The fourth-order valence-electron chi connectivity index (χ4n) is 1.84. The van der Waals surface area contributed by atoms with Crippen LogP contribution in [0.2, 0.25) is 0 Å². The van der Waals surface area contributed by atoms with E-state index in [9.17, 15) is 0 Å². The number of pyridine rings is 1. The van der Waals surface area contributed by atoms with E-state index in [1.54, 1.807) is 0 Å². The maximum atomic E-state index is 6.40. The third-order valence-electron chi connectivity index (χ3n) is 3.61. The highest BCUT2D eigenvalue weighted by Gasteiger charge is 2.27. The predicted octanol–water partition coefficient (Wildman–Crippen LogP) is 2.95. The molecule has 0 bridgehead atoms. The van der Waals surface area contributed by atoms with E-state index < -0.39 is 0 Å². The zero-order valence-electron chi connectivity index (χ0n) is 11.0. The summed E-state index contributed by atoms with van der Waals surface area (Å²) in [7, 11) is 0. The summed E-state index contributed by atoms with van der Waals surface area (Å²) in [4.78, 5) is 4.48. The maximum Gasteiger partial charge on any atom is 0.0422 e. The Morgan fingerprint density at radius 2 is 2.00 bits per heavy atom. The first-order valence-corrected chi connectivity index (χ1v) is 6.24. The van der Waals surface area contributed by atoms with E-state index in [1.807, 2.05) is 6.20 Å². The van der Waals surface area contributed by atoms with Crippen LogP contribution in [-0.2, 0) is 12.8 Å². The molecule has 90 valence electrons. The Hall–Kier alpha value is -0.890. The summed E-state index contributed by atoms with van der Waals surface area (Å²) >= 11 is 0. The van der Waals surface area contributed by atoms with Crippen molar-refractivity contribution in [1.82, 2.24) is 4.98 Å². The summed E-state index contributed by atoms with van der Waals surface area (Å²) in [6.07, 6.45) is 4.86. The van der Waals surface area contributed by atoms with Gasteiger partial charge in [0.2, 0.25) is 0 Å². The Bertz CT molecular complexity index is 316. The molecule has 2 heteroatoms. The van der Waals surface area contributed by atoms with Gasteiger partial charge in [-0.05, 0) is 30.4 Å². The van der Waals surface area contributed by atoms with Crippen LogP contribution in [0.25, 0.3) is 0 Å². The summed E-state index contributed by atoms with van der Waals surface area (Å²) < 4.78 is 0. The molecule has 1 rings (SSSR count). The van der Waals surface area contributed by atoms with E-state index in [1.165, 1.54) is 5.56 Å². The lowest BCUT2D eigenvalue weighted by atomic mass is 9.81. The van der Waals surface area contributed by atoms with Gasteiger partial charge in [-0.15, -0.1) is 0 Å². The van der Waals surface area contributed by atoms with Gasteiger partial charge in [0.25, 0.3) is 0 Å². The molecule has 1 atom stereocenters. The summed E-state index contributed by atoms with van der Waals surface area (Å²) in [6, 6.07) is 4.26. The average Bonchev–Trinajstić information content (AvgIpc) is 2.29. The van der Waals surface area contributed by atoms with E-state index in [0.717, 1.165) is 25.0 Å². The highest BCUT2D eigenvalue weighted by Crippen LogP contribution is 2.22. The molecule has 16 heavy (non-hydrogen) atoms. The smallest absolute Gasteiger partial charge is 0.0422 e. The molecule has 0 fully saturated rings. The van der Waals surface area contributed by atoms with Crippen LogP contribution < -0.4 is 5.73 Å². The topological polar surface area (TPSA) is 38.9 Å². The minimum Gasteiger partial charge on any atom is -0.325 e. The number of nitrogens with zero attached hydrogens (tertiary/aromatic N) is 1. The van der Waals surface area contributed by atoms with Crippen LogP contribution in [0.4, 0.5) is 0 Å². The predicted molar refractivity (Wildman–Crippen MR) is 69.4 cm³/mol. The Morgan fingerprint density at radius 1 is 1.31 bits per heavy atom. The van der Waals surface area contributed by atoms with Crippen molar-refractivity contribution >= 4 is 0 Å². The standard InChI is InChI=1S/C14H24N2/c1-5-12-7-8-13(16-10-12)9-14(15,6-2)11(3)4/h7-8,10-11H,5-6,9,15H2,1-4H3. The monoisotopic (exact) mass is 220 g/mol. The molecular weight excluding hydrogens is 196 g/mol. The van der Waals surface area contributed by atoms with E-state index in [-0.39, 0.29) is 5.54 Å². The second kappa shape index (κ2) is 5.44. The quantitative estimate of drug-likeness (QED) is 0.828. The van der Waals surface area contributed by atoms with E-state index >= 15 is 0 Å². The van der Waals surface area contributed by atoms with Gasteiger partial charge in [0, 0.05) is 23.9 Å². The third kappa shape index (κ3) is 3.05. The van der Waals surface area contributed by atoms with Gasteiger partial charge in [0.15, 0.2) is 0 Å². The highest BCUT2D eigenvalue weighted by molar-refractivity contribution is 5.16. The lowest BCUT2D eigenvalue weighted by molar-refractivity contribution is 0.294. The van der Waals surface area contributed by atoms with Gasteiger partial charge >= 0.3 is 0 Å². The first-order chi connectivity index (χ1) is 7.51. The number of aromatic nitrogens is 1. The van der Waals surface area contributed by atoms with Gasteiger partial charge < -0.3 is 5.73 Å². The zero-order chi connectivity index (χ0) is 12.2.